The van der Waals surface area contributed by atoms with E-state index in [1.807, 2.05) is 32.0 Å². The van der Waals surface area contributed by atoms with Crippen LogP contribution in [-0.2, 0) is 11.2 Å². The van der Waals surface area contributed by atoms with Crippen molar-refractivity contribution in [1.29, 1.82) is 0 Å². The van der Waals surface area contributed by atoms with E-state index >= 15 is 0 Å². The fourth-order valence-electron chi connectivity index (χ4n) is 1.31. The van der Waals surface area contributed by atoms with Gasteiger partial charge in [0.1, 0.15) is 5.78 Å². The standard InChI is InChI=1S/C14H20N2OS/c1-11(17)14(2,3)18-13(15)16-10-9-12-7-5-4-6-8-12/h4-8H,9-10H2,1-3H3,(H2,15,16). The number of hydrogen-bond acceptors (Lipinski definition) is 3. The average Bonchev–Trinajstić information content (AvgIpc) is 2.29. The van der Waals surface area contributed by atoms with Crippen molar-refractivity contribution in [1.82, 2.24) is 0 Å². The van der Waals surface area contributed by atoms with Gasteiger partial charge in [-0.3, -0.25) is 9.79 Å². The minimum absolute atomic E-state index is 0.105. The molecule has 0 aliphatic rings. The van der Waals surface area contributed by atoms with Gasteiger partial charge in [0.15, 0.2) is 5.17 Å². The van der Waals surface area contributed by atoms with E-state index in [-0.39, 0.29) is 5.78 Å². The first-order valence-corrected chi connectivity index (χ1v) is 6.77. The molecule has 0 aliphatic heterocycles. The van der Waals surface area contributed by atoms with E-state index in [0.717, 1.165) is 6.42 Å². The van der Waals surface area contributed by atoms with E-state index in [1.165, 1.54) is 17.3 Å². The van der Waals surface area contributed by atoms with Crippen LogP contribution in [0.4, 0.5) is 0 Å². The summed E-state index contributed by atoms with van der Waals surface area (Å²) in [5, 5.41) is 0.478. The van der Waals surface area contributed by atoms with Crippen LogP contribution in [0.1, 0.15) is 26.3 Å². The number of carbonyl (C=O) groups excluding carboxylic acids is 1. The zero-order valence-corrected chi connectivity index (χ0v) is 12.0. The number of rotatable bonds is 5. The second-order valence-corrected chi connectivity index (χ2v) is 6.27. The van der Waals surface area contributed by atoms with Gasteiger partial charge in [-0.1, -0.05) is 42.1 Å². The van der Waals surface area contributed by atoms with Crippen LogP contribution >= 0.6 is 11.8 Å². The maximum absolute atomic E-state index is 11.4. The lowest BCUT2D eigenvalue weighted by Crippen LogP contribution is -2.29. The topological polar surface area (TPSA) is 55.5 Å². The van der Waals surface area contributed by atoms with Crippen LogP contribution in [0, 0.1) is 0 Å². The number of hydrogen-bond donors (Lipinski definition) is 1. The summed E-state index contributed by atoms with van der Waals surface area (Å²) in [7, 11) is 0. The highest BCUT2D eigenvalue weighted by Crippen LogP contribution is 2.25. The van der Waals surface area contributed by atoms with Crippen LogP contribution in [0.15, 0.2) is 35.3 Å². The Kier molecular flexibility index (Phi) is 5.41. The number of Topliss-reactive ketones (excluding diaryl/α,β-unsaturated/α-hetero) is 1. The first kappa shape index (κ1) is 14.8. The van der Waals surface area contributed by atoms with Gasteiger partial charge in [0.25, 0.3) is 0 Å². The molecule has 1 aromatic carbocycles. The Morgan fingerprint density at radius 3 is 2.50 bits per heavy atom. The second kappa shape index (κ2) is 6.59. The van der Waals surface area contributed by atoms with E-state index < -0.39 is 4.75 Å². The van der Waals surface area contributed by atoms with Gasteiger partial charge in [0.2, 0.25) is 0 Å². The Hall–Kier alpha value is -1.29. The smallest absolute Gasteiger partial charge is 0.154 e. The van der Waals surface area contributed by atoms with Gasteiger partial charge < -0.3 is 5.73 Å². The van der Waals surface area contributed by atoms with Crippen LogP contribution in [0.25, 0.3) is 0 Å². The maximum Gasteiger partial charge on any atom is 0.154 e. The molecule has 0 amide bonds. The molecule has 0 fully saturated rings. The van der Waals surface area contributed by atoms with Gasteiger partial charge in [-0.15, -0.1) is 0 Å². The average molecular weight is 264 g/mol. The van der Waals surface area contributed by atoms with Crippen molar-refractivity contribution in [3.8, 4) is 0 Å². The minimum atomic E-state index is -0.500. The van der Waals surface area contributed by atoms with Gasteiger partial charge in [0.05, 0.1) is 4.75 Å². The summed E-state index contributed by atoms with van der Waals surface area (Å²) < 4.78 is -0.500. The minimum Gasteiger partial charge on any atom is -0.379 e. The lowest BCUT2D eigenvalue weighted by molar-refractivity contribution is -0.118. The lowest BCUT2D eigenvalue weighted by Gasteiger charge is -2.19. The zero-order valence-electron chi connectivity index (χ0n) is 11.1. The Morgan fingerprint density at radius 1 is 1.33 bits per heavy atom. The number of thioether (sulfide) groups is 1. The van der Waals surface area contributed by atoms with Crippen molar-refractivity contribution < 1.29 is 4.79 Å². The molecule has 0 heterocycles. The van der Waals surface area contributed by atoms with Crippen molar-refractivity contribution >= 4 is 22.7 Å². The Balaban J connectivity index is 2.46. The summed E-state index contributed by atoms with van der Waals surface area (Å²) in [6, 6.07) is 10.1. The molecule has 0 aromatic heterocycles. The van der Waals surface area contributed by atoms with Crippen LogP contribution < -0.4 is 5.73 Å². The van der Waals surface area contributed by atoms with Crippen molar-refractivity contribution in [3.05, 3.63) is 35.9 Å². The Morgan fingerprint density at radius 2 is 1.94 bits per heavy atom. The number of nitrogens with two attached hydrogens (primary N) is 1. The second-order valence-electron chi connectivity index (χ2n) is 4.62. The van der Waals surface area contributed by atoms with Crippen LogP contribution in [-0.4, -0.2) is 22.2 Å². The molecule has 98 valence electrons. The van der Waals surface area contributed by atoms with Gasteiger partial charge in [-0.25, -0.2) is 0 Å². The molecular weight excluding hydrogens is 244 g/mol. The van der Waals surface area contributed by atoms with Crippen LogP contribution in [0.2, 0.25) is 0 Å². The highest BCUT2D eigenvalue weighted by molar-refractivity contribution is 8.15. The number of aliphatic imine (C=N–C) groups is 1. The largest absolute Gasteiger partial charge is 0.379 e. The van der Waals surface area contributed by atoms with Crippen LogP contribution in [0.5, 0.6) is 0 Å². The molecule has 0 spiro atoms. The third kappa shape index (κ3) is 4.92. The van der Waals surface area contributed by atoms with Crippen molar-refractivity contribution in [3.63, 3.8) is 0 Å². The highest BCUT2D eigenvalue weighted by atomic mass is 32.2. The monoisotopic (exact) mass is 264 g/mol. The van der Waals surface area contributed by atoms with Gasteiger partial charge in [0, 0.05) is 6.54 Å². The Bertz CT molecular complexity index is 427. The zero-order chi connectivity index (χ0) is 13.6. The molecule has 1 aromatic rings. The Labute approximate surface area is 113 Å². The van der Waals surface area contributed by atoms with E-state index in [9.17, 15) is 4.79 Å². The van der Waals surface area contributed by atoms with Crippen molar-refractivity contribution in [2.75, 3.05) is 6.54 Å². The summed E-state index contributed by atoms with van der Waals surface area (Å²) in [6.45, 7) is 5.94. The van der Waals surface area contributed by atoms with Gasteiger partial charge >= 0.3 is 0 Å². The molecule has 0 saturated heterocycles. The molecule has 0 atom stereocenters. The molecule has 2 N–H and O–H groups in total. The fraction of sp³-hybridized carbons (Fsp3) is 0.429. The molecule has 4 heteroatoms. The van der Waals surface area contributed by atoms with E-state index in [1.54, 1.807) is 6.92 Å². The molecule has 0 unspecified atom stereocenters. The fourth-order valence-corrected chi connectivity index (χ4v) is 2.13. The van der Waals surface area contributed by atoms with Crippen molar-refractivity contribution in [2.24, 2.45) is 10.7 Å². The molecule has 0 aliphatic carbocycles. The predicted octanol–water partition coefficient (Wildman–Crippen LogP) is 2.64. The first-order chi connectivity index (χ1) is 8.42. The summed E-state index contributed by atoms with van der Waals surface area (Å²) in [4.78, 5) is 15.7. The number of carbonyl (C=O) groups is 1. The van der Waals surface area contributed by atoms with Crippen LogP contribution in [0.3, 0.4) is 0 Å². The molecule has 0 saturated carbocycles. The molecule has 18 heavy (non-hydrogen) atoms. The summed E-state index contributed by atoms with van der Waals surface area (Å²) in [5.74, 6) is 0.105. The first-order valence-electron chi connectivity index (χ1n) is 5.96. The van der Waals surface area contributed by atoms with Gasteiger partial charge in [-0.05, 0) is 32.8 Å². The summed E-state index contributed by atoms with van der Waals surface area (Å²) >= 11 is 1.32. The predicted molar refractivity (Wildman–Crippen MR) is 79.0 cm³/mol. The van der Waals surface area contributed by atoms with Gasteiger partial charge in [-0.2, -0.15) is 0 Å². The summed E-state index contributed by atoms with van der Waals surface area (Å²) in [5.41, 5.74) is 7.06. The SMILES string of the molecule is CC(=O)C(C)(C)SC(N)=NCCc1ccccc1. The number of ketones is 1. The maximum atomic E-state index is 11.4. The van der Waals surface area contributed by atoms with E-state index in [4.69, 9.17) is 5.73 Å². The number of nitrogens with zero attached hydrogens (tertiary/aromatic N) is 1. The molecule has 0 bridgehead atoms. The highest BCUT2D eigenvalue weighted by Gasteiger charge is 2.25. The molecule has 1 rings (SSSR count). The van der Waals surface area contributed by atoms with E-state index in [0.29, 0.717) is 11.7 Å². The summed E-state index contributed by atoms with van der Waals surface area (Å²) in [6.07, 6.45) is 0.864. The van der Waals surface area contributed by atoms with E-state index in [2.05, 4.69) is 17.1 Å². The third-order valence-electron chi connectivity index (χ3n) is 2.72. The number of benzene rings is 1. The number of amidine groups is 1. The molecule has 3 nitrogen and oxygen atoms in total. The molecule has 0 radical (unpaired) electrons. The van der Waals surface area contributed by atoms with Crippen molar-refractivity contribution in [2.45, 2.75) is 31.9 Å². The normalized spacial score (nSPS) is 12.5. The third-order valence-corrected chi connectivity index (χ3v) is 3.85. The molecular formula is C14H20N2OS. The lowest BCUT2D eigenvalue weighted by atomic mass is 10.1. The quantitative estimate of drug-likeness (QED) is 0.657.